The number of furan rings is 1. The summed E-state index contributed by atoms with van der Waals surface area (Å²) in [7, 11) is -3.94. The van der Waals surface area contributed by atoms with Crippen LogP contribution in [-0.2, 0) is 10.0 Å². The van der Waals surface area contributed by atoms with Gasteiger partial charge in [0.05, 0.1) is 0 Å². The third kappa shape index (κ3) is 3.22. The van der Waals surface area contributed by atoms with Crippen molar-refractivity contribution in [1.82, 2.24) is 0 Å². The number of anilines is 1. The van der Waals surface area contributed by atoms with Gasteiger partial charge in [-0.15, -0.1) is 0 Å². The average Bonchev–Trinajstić information content (AvgIpc) is 2.75. The highest BCUT2D eigenvalue weighted by molar-refractivity contribution is 9.10. The van der Waals surface area contributed by atoms with Crippen LogP contribution in [0.5, 0.6) is 0 Å². The molecule has 9 heteroatoms. The fraction of sp³-hybridized carbons (Fsp3) is 0. The first-order chi connectivity index (χ1) is 9.29. The largest absolute Gasteiger partial charge is 0.475 e. The topological polar surface area (TPSA) is 96.6 Å². The van der Waals surface area contributed by atoms with Crippen molar-refractivity contribution < 1.29 is 22.7 Å². The number of hydrogen-bond donors (Lipinski definition) is 2. The molecule has 106 valence electrons. The van der Waals surface area contributed by atoms with Crippen LogP contribution in [-0.4, -0.2) is 19.5 Å². The molecule has 0 atom stereocenters. The average molecular weight is 425 g/mol. The van der Waals surface area contributed by atoms with Crippen LogP contribution in [0.4, 0.5) is 5.69 Å². The minimum atomic E-state index is -3.94. The van der Waals surface area contributed by atoms with E-state index >= 15 is 0 Å². The summed E-state index contributed by atoms with van der Waals surface area (Å²) in [6.07, 6.45) is 0. The van der Waals surface area contributed by atoms with Gasteiger partial charge in [-0.1, -0.05) is 15.9 Å². The van der Waals surface area contributed by atoms with E-state index in [1.165, 1.54) is 0 Å². The predicted molar refractivity (Wildman–Crippen MR) is 78.3 cm³/mol. The van der Waals surface area contributed by atoms with Crippen molar-refractivity contribution in [2.45, 2.75) is 4.90 Å². The lowest BCUT2D eigenvalue weighted by Crippen LogP contribution is -2.12. The summed E-state index contributed by atoms with van der Waals surface area (Å²) in [5.41, 5.74) is 0.346. The van der Waals surface area contributed by atoms with Crippen LogP contribution in [0.3, 0.4) is 0 Å². The summed E-state index contributed by atoms with van der Waals surface area (Å²) < 4.78 is 32.0. The van der Waals surface area contributed by atoms with E-state index in [-0.39, 0.29) is 9.56 Å². The number of nitrogens with one attached hydrogen (secondary N) is 1. The van der Waals surface area contributed by atoms with Crippen LogP contribution in [0.2, 0.25) is 0 Å². The summed E-state index contributed by atoms with van der Waals surface area (Å²) in [6, 6.07) is 7.41. The first-order valence-electron chi connectivity index (χ1n) is 5.10. The van der Waals surface area contributed by atoms with E-state index in [1.807, 2.05) is 0 Å². The predicted octanol–water partition coefficient (Wildman–Crippen LogP) is 3.30. The second-order valence-corrected chi connectivity index (χ2v) is 6.95. The van der Waals surface area contributed by atoms with E-state index in [9.17, 15) is 13.2 Å². The summed E-state index contributed by atoms with van der Waals surface area (Å²) in [5, 5.41) is 8.77. The van der Waals surface area contributed by atoms with Gasteiger partial charge in [0, 0.05) is 16.2 Å². The van der Waals surface area contributed by atoms with E-state index in [4.69, 9.17) is 9.52 Å². The van der Waals surface area contributed by atoms with E-state index in [1.54, 1.807) is 24.3 Å². The number of benzene rings is 1. The van der Waals surface area contributed by atoms with Crippen molar-refractivity contribution in [2.24, 2.45) is 0 Å². The van der Waals surface area contributed by atoms with Crippen LogP contribution in [0.1, 0.15) is 10.6 Å². The third-order valence-corrected chi connectivity index (χ3v) is 5.02. The zero-order chi connectivity index (χ0) is 14.9. The highest BCUT2D eigenvalue weighted by atomic mass is 79.9. The Balaban J connectivity index is 2.35. The third-order valence-electron chi connectivity index (χ3n) is 2.25. The Kier molecular flexibility index (Phi) is 4.21. The van der Waals surface area contributed by atoms with Crippen molar-refractivity contribution in [1.29, 1.82) is 0 Å². The van der Waals surface area contributed by atoms with Crippen molar-refractivity contribution in [2.75, 3.05) is 4.72 Å². The number of carboxylic acid groups (broad SMARTS) is 1. The molecule has 0 fully saturated rings. The van der Waals surface area contributed by atoms with E-state index in [2.05, 4.69) is 36.6 Å². The molecule has 1 heterocycles. The maximum atomic E-state index is 12.1. The van der Waals surface area contributed by atoms with Gasteiger partial charge in [-0.2, -0.15) is 0 Å². The Morgan fingerprint density at radius 3 is 2.30 bits per heavy atom. The SMILES string of the molecule is O=C(O)c1cc(S(=O)(=O)Nc2ccc(Br)cc2)c(Br)o1. The number of aromatic carboxylic acids is 1. The van der Waals surface area contributed by atoms with Gasteiger partial charge in [0.1, 0.15) is 4.90 Å². The zero-order valence-electron chi connectivity index (χ0n) is 9.63. The molecular formula is C11H7Br2NO5S. The Morgan fingerprint density at radius 1 is 1.20 bits per heavy atom. The number of halogens is 2. The summed E-state index contributed by atoms with van der Waals surface area (Å²) in [5.74, 6) is -1.82. The molecule has 2 N–H and O–H groups in total. The number of carbonyl (C=O) groups is 1. The van der Waals surface area contributed by atoms with Gasteiger partial charge in [-0.3, -0.25) is 4.72 Å². The lowest BCUT2D eigenvalue weighted by molar-refractivity contribution is 0.0661. The van der Waals surface area contributed by atoms with Crippen LogP contribution in [0.25, 0.3) is 0 Å². The van der Waals surface area contributed by atoms with Crippen LogP contribution < -0.4 is 4.72 Å². The lowest BCUT2D eigenvalue weighted by atomic mass is 10.3. The molecule has 1 aromatic carbocycles. The van der Waals surface area contributed by atoms with Crippen molar-refractivity contribution in [3.05, 3.63) is 45.2 Å². The highest BCUT2D eigenvalue weighted by Gasteiger charge is 2.24. The van der Waals surface area contributed by atoms with Gasteiger partial charge in [0.15, 0.2) is 4.67 Å². The molecule has 0 unspecified atom stereocenters. The van der Waals surface area contributed by atoms with Crippen molar-refractivity contribution in [3.63, 3.8) is 0 Å². The first kappa shape index (κ1) is 15.1. The molecule has 0 amide bonds. The van der Waals surface area contributed by atoms with E-state index < -0.39 is 21.8 Å². The Labute approximate surface area is 131 Å². The highest BCUT2D eigenvalue weighted by Crippen LogP contribution is 2.28. The minimum Gasteiger partial charge on any atom is -0.475 e. The van der Waals surface area contributed by atoms with E-state index in [0.29, 0.717) is 5.69 Å². The maximum Gasteiger partial charge on any atom is 0.371 e. The molecule has 0 spiro atoms. The van der Waals surface area contributed by atoms with Crippen LogP contribution >= 0.6 is 31.9 Å². The fourth-order valence-corrected chi connectivity index (χ4v) is 3.63. The molecule has 1 aromatic heterocycles. The van der Waals surface area contributed by atoms with Crippen LogP contribution in [0, 0.1) is 0 Å². The number of rotatable bonds is 4. The monoisotopic (exact) mass is 423 g/mol. The Morgan fingerprint density at radius 2 is 1.80 bits per heavy atom. The zero-order valence-corrected chi connectivity index (χ0v) is 13.6. The quantitative estimate of drug-likeness (QED) is 0.784. The maximum absolute atomic E-state index is 12.1. The van der Waals surface area contributed by atoms with Crippen molar-refractivity contribution >= 4 is 53.5 Å². The molecule has 0 saturated heterocycles. The Bertz CT molecular complexity index is 752. The van der Waals surface area contributed by atoms with Gasteiger partial charge < -0.3 is 9.52 Å². The molecule has 20 heavy (non-hydrogen) atoms. The molecule has 0 saturated carbocycles. The van der Waals surface area contributed by atoms with Crippen molar-refractivity contribution in [3.8, 4) is 0 Å². The van der Waals surface area contributed by atoms with Gasteiger partial charge >= 0.3 is 5.97 Å². The normalized spacial score (nSPS) is 11.3. The standard InChI is InChI=1S/C11H7Br2NO5S/c12-6-1-3-7(4-2-6)14-20(17,18)9-5-8(11(15)16)19-10(9)13/h1-5,14H,(H,15,16). The molecule has 0 aliphatic heterocycles. The summed E-state index contributed by atoms with van der Waals surface area (Å²) in [4.78, 5) is 10.5. The molecule has 0 radical (unpaired) electrons. The fourth-order valence-electron chi connectivity index (χ4n) is 1.37. The van der Waals surface area contributed by atoms with Gasteiger partial charge in [-0.05, 0) is 40.2 Å². The molecule has 2 rings (SSSR count). The minimum absolute atomic E-state index is 0.167. The molecule has 2 aromatic rings. The summed E-state index contributed by atoms with van der Waals surface area (Å²) >= 11 is 6.13. The molecule has 0 bridgehead atoms. The second-order valence-electron chi connectivity index (χ2n) is 3.67. The molecule has 0 aliphatic rings. The molecule has 6 nitrogen and oxygen atoms in total. The first-order valence-corrected chi connectivity index (χ1v) is 8.17. The second kappa shape index (κ2) is 5.58. The number of carboxylic acids is 1. The molecule has 0 aliphatic carbocycles. The number of sulfonamides is 1. The van der Waals surface area contributed by atoms with E-state index in [0.717, 1.165) is 10.5 Å². The van der Waals surface area contributed by atoms with Gasteiger partial charge in [0.25, 0.3) is 10.0 Å². The van der Waals surface area contributed by atoms with Crippen LogP contribution in [0.15, 0.2) is 48.8 Å². The lowest BCUT2D eigenvalue weighted by Gasteiger charge is -2.06. The smallest absolute Gasteiger partial charge is 0.371 e. The van der Waals surface area contributed by atoms with Gasteiger partial charge in [-0.25, -0.2) is 13.2 Å². The summed E-state index contributed by atoms with van der Waals surface area (Å²) in [6.45, 7) is 0. The Hall–Kier alpha value is -1.32. The number of hydrogen-bond acceptors (Lipinski definition) is 4. The van der Waals surface area contributed by atoms with Gasteiger partial charge in [0.2, 0.25) is 5.76 Å². The molecular weight excluding hydrogens is 418 g/mol.